The summed E-state index contributed by atoms with van der Waals surface area (Å²) in [4.78, 5) is 18.9. The molecule has 6 nitrogen and oxygen atoms in total. The van der Waals surface area contributed by atoms with E-state index in [-0.39, 0.29) is 29.9 Å². The van der Waals surface area contributed by atoms with Gasteiger partial charge in [0.15, 0.2) is 5.96 Å². The van der Waals surface area contributed by atoms with Crippen molar-refractivity contribution in [1.82, 2.24) is 15.5 Å². The number of halogens is 1. The van der Waals surface area contributed by atoms with Crippen LogP contribution in [0.25, 0.3) is 11.1 Å². The van der Waals surface area contributed by atoms with Crippen LogP contribution in [0.5, 0.6) is 5.75 Å². The van der Waals surface area contributed by atoms with Crippen LogP contribution < -0.4 is 15.4 Å². The number of amides is 1. The average molecular weight is 577 g/mol. The van der Waals surface area contributed by atoms with E-state index >= 15 is 0 Å². The molecule has 2 aromatic rings. The van der Waals surface area contributed by atoms with E-state index in [0.717, 1.165) is 63.6 Å². The fourth-order valence-corrected chi connectivity index (χ4v) is 4.65. The van der Waals surface area contributed by atoms with E-state index in [4.69, 9.17) is 9.73 Å². The lowest BCUT2D eigenvalue weighted by Gasteiger charge is -2.34. The second-order valence-electron chi connectivity index (χ2n) is 8.95. The van der Waals surface area contributed by atoms with Gasteiger partial charge in [-0.3, -0.25) is 4.79 Å². The fourth-order valence-electron chi connectivity index (χ4n) is 4.65. The van der Waals surface area contributed by atoms with Gasteiger partial charge in [-0.2, -0.15) is 0 Å². The topological polar surface area (TPSA) is 66.0 Å². The van der Waals surface area contributed by atoms with Gasteiger partial charge in [0.05, 0.1) is 13.2 Å². The lowest BCUT2D eigenvalue weighted by molar-refractivity contribution is -0.121. The molecule has 0 unspecified atom stereocenters. The highest BCUT2D eigenvalue weighted by molar-refractivity contribution is 14.0. The Bertz CT molecular complexity index is 969. The van der Waals surface area contributed by atoms with E-state index in [1.54, 1.807) is 7.05 Å². The van der Waals surface area contributed by atoms with E-state index in [1.807, 2.05) is 0 Å². The lowest BCUT2D eigenvalue weighted by Crippen LogP contribution is -2.46. The van der Waals surface area contributed by atoms with Gasteiger partial charge < -0.3 is 20.3 Å². The average Bonchev–Trinajstić information content (AvgIpc) is 2.87. The monoisotopic (exact) mass is 576 g/mol. The SMILES string of the molecule is CCNC(=NCc1ccc(-c2ccc3c(c2)CCCO3)cc1)N1CCC(CC(=O)NC)CC1.I. The number of guanidine groups is 1. The Balaban J connectivity index is 0.00000324. The first-order valence-electron chi connectivity index (χ1n) is 12.2. The van der Waals surface area contributed by atoms with Crippen LogP contribution in [0.1, 0.15) is 43.7 Å². The van der Waals surface area contributed by atoms with Crippen LogP contribution in [0.3, 0.4) is 0 Å². The Morgan fingerprint density at radius 2 is 1.85 bits per heavy atom. The molecule has 4 rings (SSSR count). The van der Waals surface area contributed by atoms with Crippen LogP contribution in [-0.2, 0) is 17.8 Å². The highest BCUT2D eigenvalue weighted by Gasteiger charge is 2.23. The normalized spacial score (nSPS) is 16.2. The number of aryl methyl sites for hydroxylation is 1. The zero-order valence-electron chi connectivity index (χ0n) is 20.3. The minimum absolute atomic E-state index is 0. The summed E-state index contributed by atoms with van der Waals surface area (Å²) in [5.74, 6) is 2.60. The van der Waals surface area contributed by atoms with Crippen molar-refractivity contribution >= 4 is 35.8 Å². The van der Waals surface area contributed by atoms with Crippen molar-refractivity contribution in [2.24, 2.45) is 10.9 Å². The molecule has 34 heavy (non-hydrogen) atoms. The second-order valence-corrected chi connectivity index (χ2v) is 8.95. The molecule has 0 atom stereocenters. The van der Waals surface area contributed by atoms with Gasteiger partial charge in [0.1, 0.15) is 5.75 Å². The number of likely N-dealkylation sites (tertiary alicyclic amines) is 1. The number of carbonyl (C=O) groups excluding carboxylic acids is 1. The second kappa shape index (κ2) is 13.0. The van der Waals surface area contributed by atoms with Gasteiger partial charge in [0, 0.05) is 33.1 Å². The first-order chi connectivity index (χ1) is 16.2. The van der Waals surface area contributed by atoms with E-state index in [9.17, 15) is 4.79 Å². The third-order valence-electron chi connectivity index (χ3n) is 6.61. The molecule has 1 amide bonds. The molecular formula is C27H37IN4O2. The van der Waals surface area contributed by atoms with Gasteiger partial charge in [0.25, 0.3) is 0 Å². The molecule has 2 heterocycles. The summed E-state index contributed by atoms with van der Waals surface area (Å²) in [5, 5.41) is 6.18. The lowest BCUT2D eigenvalue weighted by atomic mass is 9.93. The van der Waals surface area contributed by atoms with E-state index in [2.05, 4.69) is 64.9 Å². The number of ether oxygens (including phenoxy) is 1. The largest absolute Gasteiger partial charge is 0.493 e. The molecule has 0 bridgehead atoms. The Labute approximate surface area is 220 Å². The molecule has 1 saturated heterocycles. The molecule has 0 aliphatic carbocycles. The van der Waals surface area contributed by atoms with Crippen molar-refractivity contribution in [3.05, 3.63) is 53.6 Å². The standard InChI is InChI=1S/C27H36N4O2.HI/c1-3-29-27(31-14-12-20(13-15-31)17-26(32)28-2)30-19-21-6-8-22(9-7-21)23-10-11-25-24(18-23)5-4-16-33-25;/h6-11,18,20H,3-5,12-17,19H2,1-2H3,(H,28,32)(H,29,30);1H. The van der Waals surface area contributed by atoms with Crippen LogP contribution >= 0.6 is 24.0 Å². The van der Waals surface area contributed by atoms with Gasteiger partial charge in [0.2, 0.25) is 5.91 Å². The first-order valence-corrected chi connectivity index (χ1v) is 12.2. The summed E-state index contributed by atoms with van der Waals surface area (Å²) < 4.78 is 5.74. The summed E-state index contributed by atoms with van der Waals surface area (Å²) in [6.45, 7) is 6.30. The number of hydrogen-bond acceptors (Lipinski definition) is 3. The summed E-state index contributed by atoms with van der Waals surface area (Å²) in [7, 11) is 1.71. The van der Waals surface area contributed by atoms with Crippen molar-refractivity contribution in [2.75, 3.05) is 33.3 Å². The molecule has 1 fully saturated rings. The van der Waals surface area contributed by atoms with E-state index < -0.39 is 0 Å². The highest BCUT2D eigenvalue weighted by Crippen LogP contribution is 2.30. The predicted molar refractivity (Wildman–Crippen MR) is 149 cm³/mol. The molecule has 2 aliphatic rings. The Morgan fingerprint density at radius 1 is 1.12 bits per heavy atom. The van der Waals surface area contributed by atoms with E-state index in [1.165, 1.54) is 22.3 Å². The van der Waals surface area contributed by atoms with Crippen LogP contribution in [0.15, 0.2) is 47.5 Å². The van der Waals surface area contributed by atoms with Crippen LogP contribution in [0.2, 0.25) is 0 Å². The molecule has 0 aromatic heterocycles. The Morgan fingerprint density at radius 3 is 2.56 bits per heavy atom. The molecule has 2 aromatic carbocycles. The number of benzene rings is 2. The van der Waals surface area contributed by atoms with Crippen LogP contribution in [0.4, 0.5) is 0 Å². The highest BCUT2D eigenvalue weighted by atomic mass is 127. The maximum atomic E-state index is 11.7. The van der Waals surface area contributed by atoms with Crippen LogP contribution in [0, 0.1) is 5.92 Å². The van der Waals surface area contributed by atoms with Crippen molar-refractivity contribution in [3.63, 3.8) is 0 Å². The number of fused-ring (bicyclic) bond motifs is 1. The Hall–Kier alpha value is -2.29. The smallest absolute Gasteiger partial charge is 0.220 e. The number of aliphatic imine (C=N–C) groups is 1. The molecule has 7 heteroatoms. The van der Waals surface area contributed by atoms with Crippen molar-refractivity contribution < 1.29 is 9.53 Å². The molecule has 0 saturated carbocycles. The minimum atomic E-state index is 0. The number of hydrogen-bond donors (Lipinski definition) is 2. The first kappa shape index (κ1) is 26.3. The number of carbonyl (C=O) groups is 1. The summed E-state index contributed by atoms with van der Waals surface area (Å²) in [6, 6.07) is 15.2. The van der Waals surface area contributed by atoms with Crippen molar-refractivity contribution in [3.8, 4) is 16.9 Å². The number of rotatable bonds is 6. The van der Waals surface area contributed by atoms with E-state index in [0.29, 0.717) is 18.9 Å². The van der Waals surface area contributed by atoms with Gasteiger partial charge >= 0.3 is 0 Å². The minimum Gasteiger partial charge on any atom is -0.493 e. The third kappa shape index (κ3) is 6.87. The number of nitrogens with one attached hydrogen (secondary N) is 2. The van der Waals surface area contributed by atoms with Gasteiger partial charge in [-0.15, -0.1) is 24.0 Å². The van der Waals surface area contributed by atoms with Gasteiger partial charge in [-0.1, -0.05) is 30.3 Å². The number of piperidine rings is 1. The zero-order valence-corrected chi connectivity index (χ0v) is 22.6. The maximum absolute atomic E-state index is 11.7. The zero-order chi connectivity index (χ0) is 23.0. The fraction of sp³-hybridized carbons (Fsp3) is 0.481. The Kier molecular flexibility index (Phi) is 10.0. The summed E-state index contributed by atoms with van der Waals surface area (Å²) >= 11 is 0. The quantitative estimate of drug-likeness (QED) is 0.300. The summed E-state index contributed by atoms with van der Waals surface area (Å²) in [5.41, 5.74) is 4.97. The summed E-state index contributed by atoms with van der Waals surface area (Å²) in [6.07, 6.45) is 4.86. The third-order valence-corrected chi connectivity index (χ3v) is 6.61. The molecular weight excluding hydrogens is 539 g/mol. The van der Waals surface area contributed by atoms with Gasteiger partial charge in [-0.25, -0.2) is 4.99 Å². The molecule has 0 radical (unpaired) electrons. The molecule has 2 aliphatic heterocycles. The maximum Gasteiger partial charge on any atom is 0.220 e. The molecule has 2 N–H and O–H groups in total. The molecule has 184 valence electrons. The van der Waals surface area contributed by atoms with Crippen molar-refractivity contribution in [2.45, 2.75) is 45.6 Å². The van der Waals surface area contributed by atoms with Gasteiger partial charge in [-0.05, 0) is 72.9 Å². The van der Waals surface area contributed by atoms with Crippen LogP contribution in [-0.4, -0.2) is 50.1 Å². The van der Waals surface area contributed by atoms with Crippen molar-refractivity contribution in [1.29, 1.82) is 0 Å². The number of nitrogens with zero attached hydrogens (tertiary/aromatic N) is 2. The predicted octanol–water partition coefficient (Wildman–Crippen LogP) is 4.61. The molecule has 0 spiro atoms.